The summed E-state index contributed by atoms with van der Waals surface area (Å²) in [7, 11) is 0. The Bertz CT molecular complexity index is 1270. The van der Waals surface area contributed by atoms with E-state index in [0.29, 0.717) is 6.42 Å². The van der Waals surface area contributed by atoms with Crippen molar-refractivity contribution in [2.45, 2.75) is 25.9 Å². The van der Waals surface area contributed by atoms with Crippen LogP contribution in [0.1, 0.15) is 30.1 Å². The third kappa shape index (κ3) is 5.83. The van der Waals surface area contributed by atoms with E-state index in [0.717, 1.165) is 23.1 Å². The van der Waals surface area contributed by atoms with Crippen molar-refractivity contribution in [2.75, 3.05) is 42.5 Å². The van der Waals surface area contributed by atoms with Crippen LogP contribution in [0.3, 0.4) is 0 Å². The van der Waals surface area contributed by atoms with Gasteiger partial charge in [0.15, 0.2) is 11.6 Å². The molecule has 1 atom stereocenters. The predicted octanol–water partition coefficient (Wildman–Crippen LogP) is 3.69. The van der Waals surface area contributed by atoms with Crippen molar-refractivity contribution >= 4 is 46.4 Å². The molecule has 0 unspecified atom stereocenters. The SMILES string of the molecule is CC(=O)CC[C@H]1CN(c2cc(F)c(N3CCNN(C(=O)c4cc([N+](=O)[O-])ccc4Cl)CC3)c(F)c2)C(=O)O1. The van der Waals surface area contributed by atoms with Crippen molar-refractivity contribution in [3.63, 3.8) is 0 Å². The van der Waals surface area contributed by atoms with Gasteiger partial charge in [0.2, 0.25) is 0 Å². The summed E-state index contributed by atoms with van der Waals surface area (Å²) in [6, 6.07) is 5.58. The van der Waals surface area contributed by atoms with Crippen LogP contribution in [-0.2, 0) is 9.53 Å². The fraction of sp³-hybridized carbons (Fsp3) is 0.375. The van der Waals surface area contributed by atoms with Gasteiger partial charge in [-0.3, -0.25) is 24.8 Å². The monoisotopic (exact) mass is 551 g/mol. The topological polar surface area (TPSA) is 125 Å². The standard InChI is InChI=1S/C24H24ClF2N5O6/c1-14(33)2-4-17-13-30(24(35)38-17)16-11-20(26)22(21(27)12-16)29-7-6-28-31(9-8-29)23(34)18-10-15(32(36)37)3-5-19(18)25/h3,5,10-12,17,28H,2,4,6-9,13H2,1H3/t17-/m0/s1. The highest BCUT2D eigenvalue weighted by Crippen LogP contribution is 2.32. The van der Waals surface area contributed by atoms with Crippen molar-refractivity contribution in [2.24, 2.45) is 0 Å². The van der Waals surface area contributed by atoms with Gasteiger partial charge in [-0.05, 0) is 19.4 Å². The van der Waals surface area contributed by atoms with Crippen LogP contribution in [0.4, 0.5) is 30.6 Å². The smallest absolute Gasteiger partial charge is 0.414 e. The first-order chi connectivity index (χ1) is 18.0. The molecule has 2 aromatic rings. The van der Waals surface area contributed by atoms with E-state index in [-0.39, 0.29) is 72.6 Å². The molecule has 202 valence electrons. The van der Waals surface area contributed by atoms with Gasteiger partial charge in [0, 0.05) is 50.3 Å². The van der Waals surface area contributed by atoms with Gasteiger partial charge >= 0.3 is 6.09 Å². The number of anilines is 2. The second-order valence-corrected chi connectivity index (χ2v) is 9.30. The van der Waals surface area contributed by atoms with E-state index < -0.39 is 34.7 Å². The Morgan fingerprint density at radius 2 is 1.89 bits per heavy atom. The summed E-state index contributed by atoms with van der Waals surface area (Å²) in [6.45, 7) is 1.80. The summed E-state index contributed by atoms with van der Waals surface area (Å²) in [4.78, 5) is 49.4. The third-order valence-corrected chi connectivity index (χ3v) is 6.57. The Labute approximate surface area is 221 Å². The van der Waals surface area contributed by atoms with Crippen LogP contribution in [0.15, 0.2) is 30.3 Å². The normalized spacial score (nSPS) is 17.8. The molecule has 0 aliphatic carbocycles. The van der Waals surface area contributed by atoms with Gasteiger partial charge in [0.05, 0.1) is 34.3 Å². The highest BCUT2D eigenvalue weighted by atomic mass is 35.5. The average Bonchev–Trinajstić information content (AvgIpc) is 3.06. The molecule has 14 heteroatoms. The van der Waals surface area contributed by atoms with Gasteiger partial charge in [-0.25, -0.2) is 19.0 Å². The summed E-state index contributed by atoms with van der Waals surface area (Å²) in [5, 5.41) is 12.3. The van der Waals surface area contributed by atoms with Gasteiger partial charge in [-0.2, -0.15) is 0 Å². The number of hydrogen-bond acceptors (Lipinski definition) is 8. The number of hydrogen-bond donors (Lipinski definition) is 1. The first-order valence-electron chi connectivity index (χ1n) is 11.8. The maximum atomic E-state index is 15.2. The Kier molecular flexibility index (Phi) is 8.07. The number of halogens is 3. The molecule has 38 heavy (non-hydrogen) atoms. The van der Waals surface area contributed by atoms with Crippen LogP contribution in [-0.4, -0.2) is 66.5 Å². The number of amides is 2. The number of carbonyl (C=O) groups excluding carboxylic acids is 3. The van der Waals surface area contributed by atoms with Crippen LogP contribution < -0.4 is 15.2 Å². The molecule has 2 aliphatic heterocycles. The first kappa shape index (κ1) is 27.2. The molecule has 1 N–H and O–H groups in total. The van der Waals surface area contributed by atoms with E-state index in [1.165, 1.54) is 29.0 Å². The van der Waals surface area contributed by atoms with Crippen LogP contribution >= 0.6 is 11.6 Å². The van der Waals surface area contributed by atoms with Gasteiger partial charge in [0.25, 0.3) is 11.6 Å². The van der Waals surface area contributed by atoms with Crippen molar-refractivity contribution in [3.05, 3.63) is 62.7 Å². The lowest BCUT2D eigenvalue weighted by atomic mass is 10.1. The molecule has 0 saturated carbocycles. The Morgan fingerprint density at radius 3 is 2.55 bits per heavy atom. The molecular weight excluding hydrogens is 528 g/mol. The molecule has 4 rings (SSSR count). The third-order valence-electron chi connectivity index (χ3n) is 6.24. The molecule has 0 spiro atoms. The van der Waals surface area contributed by atoms with Crippen LogP contribution in [0.2, 0.25) is 5.02 Å². The molecule has 0 radical (unpaired) electrons. The highest BCUT2D eigenvalue weighted by Gasteiger charge is 2.34. The van der Waals surface area contributed by atoms with E-state index in [2.05, 4.69) is 5.43 Å². The van der Waals surface area contributed by atoms with E-state index >= 15 is 8.78 Å². The van der Waals surface area contributed by atoms with E-state index in [1.807, 2.05) is 0 Å². The molecular formula is C24H24ClF2N5O6. The number of rotatable bonds is 7. The lowest BCUT2D eigenvalue weighted by Gasteiger charge is -2.25. The number of ether oxygens (including phenoxy) is 1. The number of non-ortho nitro benzene ring substituents is 1. The zero-order valence-corrected chi connectivity index (χ0v) is 21.0. The number of carbonyl (C=O) groups is 3. The van der Waals surface area contributed by atoms with Crippen LogP contribution in [0, 0.1) is 21.7 Å². The van der Waals surface area contributed by atoms with Gasteiger partial charge in [0.1, 0.15) is 17.6 Å². The van der Waals surface area contributed by atoms with Crippen molar-refractivity contribution < 1.29 is 32.8 Å². The largest absolute Gasteiger partial charge is 0.444 e. The minimum atomic E-state index is -0.901. The summed E-state index contributed by atoms with van der Waals surface area (Å²) in [5.74, 6) is -2.48. The number of hydrazine groups is 1. The van der Waals surface area contributed by atoms with Crippen LogP contribution in [0.25, 0.3) is 0 Å². The van der Waals surface area contributed by atoms with Crippen LogP contribution in [0.5, 0.6) is 0 Å². The fourth-order valence-corrected chi connectivity index (χ4v) is 4.52. The highest BCUT2D eigenvalue weighted by molar-refractivity contribution is 6.33. The summed E-state index contributed by atoms with van der Waals surface area (Å²) in [6.07, 6.45) is -0.767. The number of nitrogens with one attached hydrogen (secondary N) is 1. The van der Waals surface area contributed by atoms with Gasteiger partial charge < -0.3 is 14.4 Å². The molecule has 2 fully saturated rings. The molecule has 0 bridgehead atoms. The Morgan fingerprint density at radius 1 is 1.18 bits per heavy atom. The maximum absolute atomic E-state index is 15.2. The number of ketones is 1. The summed E-state index contributed by atoms with van der Waals surface area (Å²) < 4.78 is 35.5. The second-order valence-electron chi connectivity index (χ2n) is 8.89. The zero-order chi connectivity index (χ0) is 27.6. The quantitative estimate of drug-likeness (QED) is 0.408. The summed E-state index contributed by atoms with van der Waals surface area (Å²) in [5.41, 5.74) is 2.14. The second kappa shape index (κ2) is 11.3. The summed E-state index contributed by atoms with van der Waals surface area (Å²) >= 11 is 6.08. The van der Waals surface area contributed by atoms with Crippen molar-refractivity contribution in [3.8, 4) is 0 Å². The van der Waals surface area contributed by atoms with E-state index in [4.69, 9.17) is 16.3 Å². The van der Waals surface area contributed by atoms with Gasteiger partial charge in [-0.15, -0.1) is 0 Å². The van der Waals surface area contributed by atoms with Crippen molar-refractivity contribution in [1.82, 2.24) is 10.4 Å². The molecule has 2 saturated heterocycles. The Hall–Kier alpha value is -3.84. The molecule has 2 amide bonds. The number of nitro groups is 1. The molecule has 2 heterocycles. The fourth-order valence-electron chi connectivity index (χ4n) is 4.32. The van der Waals surface area contributed by atoms with Gasteiger partial charge in [-0.1, -0.05) is 11.6 Å². The zero-order valence-electron chi connectivity index (χ0n) is 20.3. The minimum Gasteiger partial charge on any atom is -0.444 e. The lowest BCUT2D eigenvalue weighted by molar-refractivity contribution is -0.384. The van der Waals surface area contributed by atoms with E-state index in [9.17, 15) is 24.5 Å². The number of nitro benzene ring substituents is 1. The number of benzene rings is 2. The number of cyclic esters (lactones) is 1. The molecule has 2 aromatic carbocycles. The molecule has 11 nitrogen and oxygen atoms in total. The average molecular weight is 552 g/mol. The Balaban J connectivity index is 1.47. The first-order valence-corrected chi connectivity index (χ1v) is 12.1. The molecule has 0 aromatic heterocycles. The number of Topliss-reactive ketones (excluding diaryl/α,β-unsaturated/α-hetero) is 1. The molecule has 2 aliphatic rings. The number of nitrogens with zero attached hydrogens (tertiary/aromatic N) is 4. The van der Waals surface area contributed by atoms with E-state index in [1.54, 1.807) is 0 Å². The predicted molar refractivity (Wildman–Crippen MR) is 133 cm³/mol. The lowest BCUT2D eigenvalue weighted by Crippen LogP contribution is -2.43. The minimum absolute atomic E-state index is 0.00519. The maximum Gasteiger partial charge on any atom is 0.414 e. The van der Waals surface area contributed by atoms with Crippen molar-refractivity contribution in [1.29, 1.82) is 0 Å².